The summed E-state index contributed by atoms with van der Waals surface area (Å²) in [6.07, 6.45) is -1.91. The standard InChI is InChI=1S/C16H22F3N3O4S/c17-16(18,19)11-26-14-3-1-2-13(21-14)10-25-9-12-8-15(12)4-6-22(7-5-15)27(20,23)24/h1-3,12H,4-11H2,(H2,20,23,24)/t12-/m0/s1. The van der Waals surface area contributed by atoms with Gasteiger partial charge in [0.05, 0.1) is 18.9 Å². The zero-order valence-corrected chi connectivity index (χ0v) is 15.4. The van der Waals surface area contributed by atoms with Gasteiger partial charge in [-0.1, -0.05) is 6.07 Å². The largest absolute Gasteiger partial charge is 0.468 e. The molecule has 2 heterocycles. The van der Waals surface area contributed by atoms with Crippen molar-refractivity contribution in [2.24, 2.45) is 16.5 Å². The molecule has 1 atom stereocenters. The van der Waals surface area contributed by atoms with E-state index >= 15 is 0 Å². The number of hydrogen-bond donors (Lipinski definition) is 1. The first-order chi connectivity index (χ1) is 12.6. The Labute approximate surface area is 155 Å². The SMILES string of the molecule is NS(=O)(=O)N1CCC2(CC1)C[C@H]2COCc1cccc(OCC(F)(F)F)n1. The summed E-state index contributed by atoms with van der Waals surface area (Å²) < 4.78 is 70.8. The Morgan fingerprint density at radius 1 is 1.30 bits per heavy atom. The summed E-state index contributed by atoms with van der Waals surface area (Å²) in [5.41, 5.74) is 0.611. The fourth-order valence-corrected chi connectivity index (χ4v) is 4.24. The van der Waals surface area contributed by atoms with Gasteiger partial charge in [-0.15, -0.1) is 0 Å². The van der Waals surface area contributed by atoms with Crippen molar-refractivity contribution >= 4 is 10.2 Å². The molecule has 3 rings (SSSR count). The third kappa shape index (κ3) is 5.53. The summed E-state index contributed by atoms with van der Waals surface area (Å²) in [6, 6.07) is 4.59. The Balaban J connectivity index is 1.41. The van der Waals surface area contributed by atoms with Gasteiger partial charge in [-0.3, -0.25) is 0 Å². The predicted octanol–water partition coefficient (Wildman–Crippen LogP) is 1.84. The molecule has 1 aromatic rings. The molecule has 1 spiro atoms. The molecule has 2 fully saturated rings. The van der Waals surface area contributed by atoms with E-state index in [9.17, 15) is 21.6 Å². The van der Waals surface area contributed by atoms with E-state index in [-0.39, 0.29) is 17.9 Å². The molecule has 152 valence electrons. The highest BCUT2D eigenvalue weighted by atomic mass is 32.2. The third-order valence-electron chi connectivity index (χ3n) is 5.17. The average Bonchev–Trinajstić information content (AvgIpc) is 3.24. The highest BCUT2D eigenvalue weighted by molar-refractivity contribution is 7.86. The third-order valence-corrected chi connectivity index (χ3v) is 6.26. The Bertz CT molecular complexity index is 764. The van der Waals surface area contributed by atoms with Gasteiger partial charge in [0.15, 0.2) is 6.61 Å². The van der Waals surface area contributed by atoms with Gasteiger partial charge in [-0.2, -0.15) is 25.9 Å². The number of alkyl halides is 3. The topological polar surface area (TPSA) is 94.8 Å². The monoisotopic (exact) mass is 409 g/mol. The first-order valence-corrected chi connectivity index (χ1v) is 10.1. The van der Waals surface area contributed by atoms with Crippen LogP contribution >= 0.6 is 0 Å². The van der Waals surface area contributed by atoms with Crippen LogP contribution < -0.4 is 9.88 Å². The summed E-state index contributed by atoms with van der Waals surface area (Å²) in [4.78, 5) is 4.00. The maximum Gasteiger partial charge on any atom is 0.422 e. The summed E-state index contributed by atoms with van der Waals surface area (Å²) in [7, 11) is -3.63. The zero-order chi connectivity index (χ0) is 19.7. The van der Waals surface area contributed by atoms with Gasteiger partial charge in [-0.25, -0.2) is 10.1 Å². The van der Waals surface area contributed by atoms with E-state index in [2.05, 4.69) is 9.72 Å². The minimum Gasteiger partial charge on any atom is -0.468 e. The Morgan fingerprint density at radius 2 is 2.00 bits per heavy atom. The lowest BCUT2D eigenvalue weighted by atomic mass is 9.92. The Kier molecular flexibility index (Phi) is 5.67. The van der Waals surface area contributed by atoms with Gasteiger partial charge in [0.2, 0.25) is 5.88 Å². The molecule has 0 radical (unpaired) electrons. The van der Waals surface area contributed by atoms with Crippen molar-refractivity contribution < 1.29 is 31.1 Å². The fraction of sp³-hybridized carbons (Fsp3) is 0.688. The molecule has 1 saturated heterocycles. The van der Waals surface area contributed by atoms with E-state index in [1.54, 1.807) is 12.1 Å². The molecule has 0 unspecified atom stereocenters. The van der Waals surface area contributed by atoms with Crippen LogP contribution in [0.3, 0.4) is 0 Å². The second-order valence-corrected chi connectivity index (χ2v) is 8.64. The molecular formula is C16H22F3N3O4S. The highest BCUT2D eigenvalue weighted by Gasteiger charge is 2.55. The molecule has 1 saturated carbocycles. The van der Waals surface area contributed by atoms with E-state index in [4.69, 9.17) is 9.88 Å². The van der Waals surface area contributed by atoms with Crippen LogP contribution in [0, 0.1) is 11.3 Å². The maximum atomic E-state index is 12.2. The van der Waals surface area contributed by atoms with Crippen LogP contribution in [0.15, 0.2) is 18.2 Å². The molecule has 11 heteroatoms. The van der Waals surface area contributed by atoms with Crippen LogP contribution in [0.2, 0.25) is 0 Å². The summed E-state index contributed by atoms with van der Waals surface area (Å²) in [6.45, 7) is 0.152. The van der Waals surface area contributed by atoms with Gasteiger partial charge >= 0.3 is 6.18 Å². The van der Waals surface area contributed by atoms with E-state index in [1.807, 2.05) is 0 Å². The average molecular weight is 409 g/mol. The zero-order valence-electron chi connectivity index (χ0n) is 14.6. The van der Waals surface area contributed by atoms with E-state index < -0.39 is 23.0 Å². The smallest absolute Gasteiger partial charge is 0.422 e. The molecule has 0 aromatic carbocycles. The van der Waals surface area contributed by atoms with Gasteiger partial charge in [0, 0.05) is 19.2 Å². The predicted molar refractivity (Wildman–Crippen MR) is 89.9 cm³/mol. The number of rotatable bonds is 7. The number of aromatic nitrogens is 1. The van der Waals surface area contributed by atoms with Gasteiger partial charge in [0.1, 0.15) is 0 Å². The maximum absolute atomic E-state index is 12.2. The molecule has 2 aliphatic rings. The molecule has 1 aliphatic carbocycles. The van der Waals surface area contributed by atoms with Crippen LogP contribution in [-0.4, -0.2) is 50.2 Å². The molecule has 7 nitrogen and oxygen atoms in total. The van der Waals surface area contributed by atoms with E-state index in [0.29, 0.717) is 31.3 Å². The van der Waals surface area contributed by atoms with Crippen molar-refractivity contribution in [3.63, 3.8) is 0 Å². The van der Waals surface area contributed by atoms with E-state index in [0.717, 1.165) is 19.3 Å². The van der Waals surface area contributed by atoms with E-state index in [1.165, 1.54) is 10.4 Å². The van der Waals surface area contributed by atoms with Crippen LogP contribution in [0.1, 0.15) is 25.0 Å². The molecule has 0 bridgehead atoms. The summed E-state index contributed by atoms with van der Waals surface area (Å²) in [5.74, 6) is 0.261. The Morgan fingerprint density at radius 3 is 2.63 bits per heavy atom. The molecule has 27 heavy (non-hydrogen) atoms. The van der Waals surface area contributed by atoms with Crippen LogP contribution in [0.4, 0.5) is 13.2 Å². The lowest BCUT2D eigenvalue weighted by Gasteiger charge is -2.30. The number of piperidine rings is 1. The van der Waals surface area contributed by atoms with Crippen molar-refractivity contribution in [3.8, 4) is 5.88 Å². The molecule has 0 amide bonds. The minimum absolute atomic E-state index is 0.0910. The molecular weight excluding hydrogens is 387 g/mol. The van der Waals surface area contributed by atoms with Gasteiger partial charge in [-0.05, 0) is 36.7 Å². The summed E-state index contributed by atoms with van der Waals surface area (Å²) >= 11 is 0. The number of ether oxygens (including phenoxy) is 2. The number of pyridine rings is 1. The lowest BCUT2D eigenvalue weighted by molar-refractivity contribution is -0.154. The van der Waals surface area contributed by atoms with Crippen LogP contribution in [0.5, 0.6) is 5.88 Å². The fourth-order valence-electron chi connectivity index (χ4n) is 3.55. The minimum atomic E-state index is -4.41. The number of nitrogens with zero attached hydrogens (tertiary/aromatic N) is 2. The van der Waals surface area contributed by atoms with Crippen LogP contribution in [-0.2, 0) is 21.6 Å². The lowest BCUT2D eigenvalue weighted by Crippen LogP contribution is -2.43. The van der Waals surface area contributed by atoms with Crippen molar-refractivity contribution in [2.45, 2.75) is 32.0 Å². The number of halogens is 3. The highest BCUT2D eigenvalue weighted by Crippen LogP contribution is 2.59. The van der Waals surface area contributed by atoms with Crippen LogP contribution in [0.25, 0.3) is 0 Å². The number of hydrogen-bond acceptors (Lipinski definition) is 5. The second kappa shape index (κ2) is 7.53. The summed E-state index contributed by atoms with van der Waals surface area (Å²) in [5, 5.41) is 5.15. The van der Waals surface area contributed by atoms with Gasteiger partial charge in [0.25, 0.3) is 10.2 Å². The van der Waals surface area contributed by atoms with Crippen molar-refractivity contribution in [1.29, 1.82) is 0 Å². The Hall–Kier alpha value is -1.43. The first kappa shape index (κ1) is 20.3. The number of nitrogens with two attached hydrogens (primary N) is 1. The van der Waals surface area contributed by atoms with Crippen molar-refractivity contribution in [3.05, 3.63) is 23.9 Å². The molecule has 2 N–H and O–H groups in total. The van der Waals surface area contributed by atoms with Crippen molar-refractivity contribution in [2.75, 3.05) is 26.3 Å². The molecule has 1 aromatic heterocycles. The quantitative estimate of drug-likeness (QED) is 0.742. The molecule has 1 aliphatic heterocycles. The van der Waals surface area contributed by atoms with Gasteiger partial charge < -0.3 is 9.47 Å². The second-order valence-electron chi connectivity index (χ2n) is 7.09. The first-order valence-electron chi connectivity index (χ1n) is 8.59. The van der Waals surface area contributed by atoms with Crippen molar-refractivity contribution in [1.82, 2.24) is 9.29 Å². The normalized spacial score (nSPS) is 22.7.